The Bertz CT molecular complexity index is 1110. The highest BCUT2D eigenvalue weighted by Crippen LogP contribution is 2.21. The highest BCUT2D eigenvalue weighted by Gasteiger charge is 2.10. The molecule has 0 fully saturated rings. The van der Waals surface area contributed by atoms with E-state index < -0.39 is 4.92 Å². The Morgan fingerprint density at radius 2 is 1.87 bits per heavy atom. The molecule has 2 aromatic carbocycles. The topological polar surface area (TPSA) is 89.5 Å². The molecule has 0 aliphatic heterocycles. The molecule has 0 atom stereocenters. The van der Waals surface area contributed by atoms with Crippen molar-refractivity contribution >= 4 is 45.5 Å². The third-order valence-corrected chi connectivity index (χ3v) is 6.13. The molecule has 31 heavy (non-hydrogen) atoms. The second kappa shape index (κ2) is 10.4. The number of hydrazone groups is 1. The molecule has 1 amide bonds. The fraction of sp³-hybridized carbons (Fsp3) is 0.182. The molecule has 3 aromatic rings. The molecule has 0 radical (unpaired) electrons. The van der Waals surface area contributed by atoms with E-state index in [1.807, 2.05) is 44.2 Å². The Hall–Kier alpha value is -2.91. The molecular formula is C22H21BrN4O3S. The van der Waals surface area contributed by atoms with Gasteiger partial charge in [-0.05, 0) is 49.7 Å². The van der Waals surface area contributed by atoms with E-state index >= 15 is 0 Å². The van der Waals surface area contributed by atoms with Crippen molar-refractivity contribution in [3.8, 4) is 5.69 Å². The van der Waals surface area contributed by atoms with Crippen molar-refractivity contribution in [1.82, 2.24) is 9.99 Å². The Morgan fingerprint density at radius 1 is 1.19 bits per heavy atom. The first-order valence-electron chi connectivity index (χ1n) is 9.43. The summed E-state index contributed by atoms with van der Waals surface area (Å²) in [5.74, 6) is 0.625. The quantitative estimate of drug-likeness (QED) is 0.263. The van der Waals surface area contributed by atoms with E-state index in [1.165, 1.54) is 23.9 Å². The molecule has 1 N–H and O–H groups in total. The van der Waals surface area contributed by atoms with Gasteiger partial charge in [-0.25, -0.2) is 5.43 Å². The average Bonchev–Trinajstić information content (AvgIpc) is 3.02. The molecule has 1 aromatic heterocycles. The highest BCUT2D eigenvalue weighted by atomic mass is 79.9. The maximum Gasteiger partial charge on any atom is 0.269 e. The van der Waals surface area contributed by atoms with Gasteiger partial charge in [0.15, 0.2) is 0 Å². The zero-order valence-electron chi connectivity index (χ0n) is 17.0. The van der Waals surface area contributed by atoms with E-state index in [9.17, 15) is 14.9 Å². The van der Waals surface area contributed by atoms with Crippen molar-refractivity contribution in [3.63, 3.8) is 0 Å². The summed E-state index contributed by atoms with van der Waals surface area (Å²) in [6.45, 7) is 4.04. The van der Waals surface area contributed by atoms with Crippen LogP contribution < -0.4 is 5.43 Å². The number of aryl methyl sites for hydroxylation is 1. The lowest BCUT2D eigenvalue weighted by Crippen LogP contribution is -2.19. The number of carbonyl (C=O) groups excluding carboxylic acids is 1. The standard InChI is InChI=1S/C22H21BrN4O3S/c1-15-11-18(16(2)26(15)20-9-5-19(23)6-10-20)12-24-25-22(28)14-31-13-17-3-7-21(8-4-17)27(29)30/h3-12H,13-14H2,1-2H3,(H,25,28)/b24-12+. The van der Waals surface area contributed by atoms with Crippen molar-refractivity contribution in [2.75, 3.05) is 5.75 Å². The zero-order chi connectivity index (χ0) is 22.4. The largest absolute Gasteiger partial charge is 0.318 e. The number of hydrogen-bond acceptors (Lipinski definition) is 5. The zero-order valence-corrected chi connectivity index (χ0v) is 19.4. The third kappa shape index (κ3) is 6.05. The summed E-state index contributed by atoms with van der Waals surface area (Å²) in [7, 11) is 0. The van der Waals surface area contributed by atoms with Crippen LogP contribution in [-0.4, -0.2) is 27.4 Å². The maximum absolute atomic E-state index is 12.0. The van der Waals surface area contributed by atoms with Gasteiger partial charge in [0.2, 0.25) is 5.91 Å². The van der Waals surface area contributed by atoms with Crippen LogP contribution in [0.3, 0.4) is 0 Å². The number of nitro benzene ring substituents is 1. The van der Waals surface area contributed by atoms with Crippen molar-refractivity contribution < 1.29 is 9.72 Å². The summed E-state index contributed by atoms with van der Waals surface area (Å²) in [4.78, 5) is 22.3. The van der Waals surface area contributed by atoms with Crippen LogP contribution >= 0.6 is 27.7 Å². The van der Waals surface area contributed by atoms with Crippen molar-refractivity contribution in [2.24, 2.45) is 5.10 Å². The van der Waals surface area contributed by atoms with Crippen LogP contribution in [-0.2, 0) is 10.5 Å². The lowest BCUT2D eigenvalue weighted by Gasteiger charge is -2.09. The van der Waals surface area contributed by atoms with Crippen LogP contribution in [0.5, 0.6) is 0 Å². The first kappa shape index (κ1) is 22.8. The van der Waals surface area contributed by atoms with Crippen LogP contribution in [0.15, 0.2) is 64.2 Å². The number of non-ortho nitro benzene ring substituents is 1. The molecule has 160 valence electrons. The second-order valence-corrected chi connectivity index (χ2v) is 8.75. The Balaban J connectivity index is 1.52. The molecule has 0 unspecified atom stereocenters. The van der Waals surface area contributed by atoms with Gasteiger partial charge in [-0.2, -0.15) is 5.10 Å². The minimum Gasteiger partial charge on any atom is -0.318 e. The molecule has 7 nitrogen and oxygen atoms in total. The van der Waals surface area contributed by atoms with E-state index in [1.54, 1.807) is 18.3 Å². The van der Waals surface area contributed by atoms with Crippen molar-refractivity contribution in [2.45, 2.75) is 19.6 Å². The second-order valence-electron chi connectivity index (χ2n) is 6.85. The molecule has 0 saturated heterocycles. The molecule has 3 rings (SSSR count). The van der Waals surface area contributed by atoms with E-state index in [-0.39, 0.29) is 17.3 Å². The van der Waals surface area contributed by atoms with Gasteiger partial charge in [0.1, 0.15) is 0 Å². The normalized spacial score (nSPS) is 11.1. The Labute approximate surface area is 192 Å². The van der Waals surface area contributed by atoms with E-state index in [0.717, 1.165) is 32.7 Å². The predicted molar refractivity (Wildman–Crippen MR) is 128 cm³/mol. The number of hydrogen-bond donors (Lipinski definition) is 1. The number of nitrogens with zero attached hydrogens (tertiary/aromatic N) is 3. The molecule has 0 aliphatic rings. The summed E-state index contributed by atoms with van der Waals surface area (Å²) in [6.07, 6.45) is 1.65. The number of nitro groups is 1. The summed E-state index contributed by atoms with van der Waals surface area (Å²) < 4.78 is 3.16. The monoisotopic (exact) mass is 500 g/mol. The van der Waals surface area contributed by atoms with E-state index in [0.29, 0.717) is 5.75 Å². The van der Waals surface area contributed by atoms with Crippen LogP contribution in [0, 0.1) is 24.0 Å². The predicted octanol–water partition coefficient (Wildman–Crippen LogP) is 5.15. The molecule has 1 heterocycles. The number of benzene rings is 2. The SMILES string of the molecule is Cc1cc(/C=N/NC(=O)CSCc2ccc([N+](=O)[O-])cc2)c(C)n1-c1ccc(Br)cc1. The number of halogens is 1. The van der Waals surface area contributed by atoms with E-state index in [4.69, 9.17) is 0 Å². The Morgan fingerprint density at radius 3 is 2.52 bits per heavy atom. The lowest BCUT2D eigenvalue weighted by atomic mass is 10.2. The fourth-order valence-corrected chi connectivity index (χ4v) is 4.13. The van der Waals surface area contributed by atoms with Gasteiger partial charge in [-0.1, -0.05) is 28.1 Å². The minimum atomic E-state index is -0.432. The molecule has 0 bridgehead atoms. The van der Waals surface area contributed by atoms with Crippen LogP contribution in [0.4, 0.5) is 5.69 Å². The summed E-state index contributed by atoms with van der Waals surface area (Å²) in [5.41, 5.74) is 7.63. The molecule has 9 heteroatoms. The number of amides is 1. The number of aromatic nitrogens is 1. The maximum atomic E-state index is 12.0. The van der Waals surface area contributed by atoms with Gasteiger partial charge in [0, 0.05) is 45.0 Å². The third-order valence-electron chi connectivity index (χ3n) is 4.60. The van der Waals surface area contributed by atoms with Gasteiger partial charge in [-0.15, -0.1) is 11.8 Å². The first-order valence-corrected chi connectivity index (χ1v) is 11.4. The van der Waals surface area contributed by atoms with Crippen LogP contribution in [0.1, 0.15) is 22.5 Å². The first-order chi connectivity index (χ1) is 14.8. The smallest absolute Gasteiger partial charge is 0.269 e. The number of carbonyl (C=O) groups is 1. The average molecular weight is 501 g/mol. The molecular weight excluding hydrogens is 480 g/mol. The Kier molecular flexibility index (Phi) is 7.64. The molecule has 0 spiro atoms. The van der Waals surface area contributed by atoms with Gasteiger partial charge in [0.25, 0.3) is 5.69 Å². The molecule has 0 saturated carbocycles. The van der Waals surface area contributed by atoms with Gasteiger partial charge < -0.3 is 4.57 Å². The lowest BCUT2D eigenvalue weighted by molar-refractivity contribution is -0.384. The minimum absolute atomic E-state index is 0.0559. The van der Waals surface area contributed by atoms with Crippen LogP contribution in [0.2, 0.25) is 0 Å². The van der Waals surface area contributed by atoms with Gasteiger partial charge >= 0.3 is 0 Å². The fourth-order valence-electron chi connectivity index (χ4n) is 3.09. The van der Waals surface area contributed by atoms with Gasteiger partial charge in [0.05, 0.1) is 16.9 Å². The van der Waals surface area contributed by atoms with Crippen LogP contribution in [0.25, 0.3) is 5.69 Å². The van der Waals surface area contributed by atoms with Crippen molar-refractivity contribution in [1.29, 1.82) is 0 Å². The summed E-state index contributed by atoms with van der Waals surface area (Å²) in [5, 5.41) is 14.8. The number of rotatable bonds is 8. The van der Waals surface area contributed by atoms with Gasteiger partial charge in [-0.3, -0.25) is 14.9 Å². The van der Waals surface area contributed by atoms with E-state index in [2.05, 4.69) is 31.0 Å². The summed E-state index contributed by atoms with van der Waals surface area (Å²) in [6, 6.07) is 16.4. The molecule has 0 aliphatic carbocycles. The summed E-state index contributed by atoms with van der Waals surface area (Å²) >= 11 is 4.87. The van der Waals surface area contributed by atoms with Crippen molar-refractivity contribution in [3.05, 3.63) is 91.7 Å². The number of thioether (sulfide) groups is 1. The number of nitrogens with one attached hydrogen (secondary N) is 1. The highest BCUT2D eigenvalue weighted by molar-refractivity contribution is 9.10.